The van der Waals surface area contributed by atoms with E-state index in [-0.39, 0.29) is 23.3 Å². The normalized spacial score (nSPS) is 17.5. The molecule has 1 atom stereocenters. The largest absolute Gasteiger partial charge is 0.401 e. The Morgan fingerprint density at radius 3 is 2.69 bits per heavy atom. The first kappa shape index (κ1) is 19.6. The van der Waals surface area contributed by atoms with Gasteiger partial charge in [-0.2, -0.15) is 9.40 Å². The number of anilines is 1. The van der Waals surface area contributed by atoms with Crippen molar-refractivity contribution in [3.05, 3.63) is 41.6 Å². The number of halogens is 1. The summed E-state index contributed by atoms with van der Waals surface area (Å²) in [6.45, 7) is 0.243. The van der Waals surface area contributed by atoms with E-state index in [1.807, 2.05) is 0 Å². The number of aryl methyl sites for hydroxylation is 1. The lowest BCUT2D eigenvalue weighted by Crippen LogP contribution is -2.43. The van der Waals surface area contributed by atoms with Gasteiger partial charge in [0.05, 0.1) is 4.90 Å². The molecule has 0 radical (unpaired) electrons. The maximum Gasteiger partial charge on any atom is 0.322 e. The molecule has 1 N–H and O–H groups in total. The number of nitrogens with zero attached hydrogens (tertiary/aromatic N) is 5. The van der Waals surface area contributed by atoms with Gasteiger partial charge in [-0.05, 0) is 43.2 Å². The van der Waals surface area contributed by atoms with Crippen LogP contribution in [0.2, 0.25) is 5.02 Å². The zero-order valence-electron chi connectivity index (χ0n) is 15.3. The minimum Gasteiger partial charge on any atom is -0.401 e. The fraction of sp³-hybridized carbons (Fsp3) is 0.294. The second-order valence-electron chi connectivity index (χ2n) is 6.47. The number of nitrogens with one attached hydrogen (secondary N) is 1. The zero-order valence-corrected chi connectivity index (χ0v) is 16.9. The average Bonchev–Trinajstić information content (AvgIpc) is 3.42. The van der Waals surface area contributed by atoms with E-state index in [9.17, 15) is 13.2 Å². The fourth-order valence-electron chi connectivity index (χ4n) is 3.18. The zero-order chi connectivity index (χ0) is 20.6. The lowest BCUT2D eigenvalue weighted by atomic mass is 10.2. The Morgan fingerprint density at radius 1 is 1.24 bits per heavy atom. The van der Waals surface area contributed by atoms with E-state index < -0.39 is 22.0 Å². The van der Waals surface area contributed by atoms with Crippen molar-refractivity contribution < 1.29 is 17.6 Å². The maximum absolute atomic E-state index is 13.0. The van der Waals surface area contributed by atoms with Crippen LogP contribution in [0.4, 0.5) is 6.01 Å². The van der Waals surface area contributed by atoms with Crippen molar-refractivity contribution in [1.29, 1.82) is 0 Å². The number of amides is 1. The summed E-state index contributed by atoms with van der Waals surface area (Å²) in [5.74, 6) is -0.336. The summed E-state index contributed by atoms with van der Waals surface area (Å²) in [6.07, 6.45) is 2.53. The van der Waals surface area contributed by atoms with E-state index in [1.165, 1.54) is 28.6 Å². The summed E-state index contributed by atoms with van der Waals surface area (Å²) >= 11 is 5.84. The first-order chi connectivity index (χ1) is 13.9. The Bertz CT molecular complexity index is 1140. The Morgan fingerprint density at radius 2 is 2.00 bits per heavy atom. The molecule has 1 saturated heterocycles. The molecule has 0 spiro atoms. The van der Waals surface area contributed by atoms with E-state index in [1.54, 1.807) is 24.0 Å². The van der Waals surface area contributed by atoms with Crippen LogP contribution in [0, 0.1) is 0 Å². The van der Waals surface area contributed by atoms with Crippen LogP contribution in [0.5, 0.6) is 0 Å². The Labute approximate surface area is 171 Å². The van der Waals surface area contributed by atoms with Crippen LogP contribution in [0.15, 0.2) is 45.8 Å². The molecule has 2 aromatic heterocycles. The number of carbonyl (C=O) groups is 1. The Hall–Kier alpha value is -2.76. The molecular weight excluding hydrogens is 420 g/mol. The van der Waals surface area contributed by atoms with Crippen LogP contribution in [0.1, 0.15) is 12.8 Å². The molecule has 152 valence electrons. The van der Waals surface area contributed by atoms with Gasteiger partial charge in [0, 0.05) is 24.8 Å². The van der Waals surface area contributed by atoms with Gasteiger partial charge in [0.1, 0.15) is 11.7 Å². The molecule has 1 fully saturated rings. The Balaban J connectivity index is 1.52. The molecule has 1 aromatic carbocycles. The van der Waals surface area contributed by atoms with Gasteiger partial charge < -0.3 is 4.42 Å². The van der Waals surface area contributed by atoms with E-state index in [2.05, 4.69) is 20.6 Å². The SMILES string of the molecule is Cn1nccc1-c1nnc(NC(=O)C2CCCN2S(=O)(=O)c2ccc(Cl)cc2)o1. The van der Waals surface area contributed by atoms with Crippen LogP contribution in [-0.2, 0) is 21.9 Å². The van der Waals surface area contributed by atoms with Crippen LogP contribution in [0.25, 0.3) is 11.6 Å². The summed E-state index contributed by atoms with van der Waals surface area (Å²) in [5, 5.41) is 14.7. The lowest BCUT2D eigenvalue weighted by Gasteiger charge is -2.22. The third kappa shape index (κ3) is 3.76. The van der Waals surface area contributed by atoms with Crippen molar-refractivity contribution in [2.45, 2.75) is 23.8 Å². The minimum absolute atomic E-state index is 0.0814. The van der Waals surface area contributed by atoms with Crippen LogP contribution >= 0.6 is 11.6 Å². The van der Waals surface area contributed by atoms with E-state index in [0.717, 1.165) is 0 Å². The molecule has 0 bridgehead atoms. The van der Waals surface area contributed by atoms with Gasteiger partial charge in [0.25, 0.3) is 5.89 Å². The van der Waals surface area contributed by atoms with Gasteiger partial charge in [-0.1, -0.05) is 16.7 Å². The summed E-state index contributed by atoms with van der Waals surface area (Å²) in [6, 6.07) is 6.54. The number of rotatable bonds is 5. The highest BCUT2D eigenvalue weighted by Gasteiger charge is 2.39. The molecule has 1 unspecified atom stereocenters. The monoisotopic (exact) mass is 436 g/mol. The van der Waals surface area contributed by atoms with Crippen LogP contribution < -0.4 is 5.32 Å². The van der Waals surface area contributed by atoms with E-state index >= 15 is 0 Å². The third-order valence-corrected chi connectivity index (χ3v) is 6.80. The number of benzene rings is 1. The topological polar surface area (TPSA) is 123 Å². The van der Waals surface area contributed by atoms with Gasteiger partial charge in [-0.15, -0.1) is 5.10 Å². The Kier molecular flexibility index (Phi) is 5.11. The summed E-state index contributed by atoms with van der Waals surface area (Å²) < 4.78 is 34.1. The lowest BCUT2D eigenvalue weighted by molar-refractivity contribution is -0.119. The number of carbonyl (C=O) groups excluding carboxylic acids is 1. The van der Waals surface area contributed by atoms with Crippen LogP contribution in [-0.4, -0.2) is 51.2 Å². The number of aromatic nitrogens is 4. The molecule has 1 amide bonds. The minimum atomic E-state index is -3.84. The second kappa shape index (κ2) is 7.58. The van der Waals surface area contributed by atoms with E-state index in [4.69, 9.17) is 16.0 Å². The molecule has 3 aromatic rings. The first-order valence-corrected chi connectivity index (χ1v) is 10.6. The summed E-state index contributed by atoms with van der Waals surface area (Å²) in [5.41, 5.74) is 0.589. The van der Waals surface area contributed by atoms with Crippen molar-refractivity contribution >= 4 is 33.5 Å². The van der Waals surface area contributed by atoms with Gasteiger partial charge in [0.2, 0.25) is 15.9 Å². The van der Waals surface area contributed by atoms with Crippen molar-refractivity contribution in [2.75, 3.05) is 11.9 Å². The van der Waals surface area contributed by atoms with Gasteiger partial charge in [-0.3, -0.25) is 14.8 Å². The molecule has 0 aliphatic carbocycles. The number of sulfonamides is 1. The van der Waals surface area contributed by atoms with Crippen molar-refractivity contribution in [1.82, 2.24) is 24.3 Å². The molecule has 12 heteroatoms. The standard InChI is InChI=1S/C17H17ClN6O4S/c1-23-14(8-9-19-23)16-21-22-17(28-16)20-15(25)13-3-2-10-24(13)29(26,27)12-6-4-11(18)5-7-12/h4-9,13H,2-3,10H2,1H3,(H,20,22,25). The quantitative estimate of drug-likeness (QED) is 0.647. The highest BCUT2D eigenvalue weighted by molar-refractivity contribution is 7.89. The molecule has 4 rings (SSSR count). The predicted molar refractivity (Wildman–Crippen MR) is 103 cm³/mol. The maximum atomic E-state index is 13.0. The molecule has 1 aliphatic rings. The van der Waals surface area contributed by atoms with Gasteiger partial charge in [-0.25, -0.2) is 8.42 Å². The van der Waals surface area contributed by atoms with Crippen molar-refractivity contribution in [3.63, 3.8) is 0 Å². The molecule has 10 nitrogen and oxygen atoms in total. The smallest absolute Gasteiger partial charge is 0.322 e. The van der Waals surface area contributed by atoms with Crippen LogP contribution in [0.3, 0.4) is 0 Å². The fourth-order valence-corrected chi connectivity index (χ4v) is 4.96. The molecule has 3 heterocycles. The number of hydrogen-bond donors (Lipinski definition) is 1. The molecule has 29 heavy (non-hydrogen) atoms. The average molecular weight is 437 g/mol. The predicted octanol–water partition coefficient (Wildman–Crippen LogP) is 1.92. The van der Waals surface area contributed by atoms with Crippen molar-refractivity contribution in [3.8, 4) is 11.6 Å². The van der Waals surface area contributed by atoms with Crippen molar-refractivity contribution in [2.24, 2.45) is 7.05 Å². The second-order valence-corrected chi connectivity index (χ2v) is 8.80. The first-order valence-electron chi connectivity index (χ1n) is 8.76. The number of hydrogen-bond acceptors (Lipinski definition) is 7. The summed E-state index contributed by atoms with van der Waals surface area (Å²) in [7, 11) is -2.12. The van der Waals surface area contributed by atoms with Gasteiger partial charge >= 0.3 is 6.01 Å². The molecule has 0 saturated carbocycles. The highest BCUT2D eigenvalue weighted by atomic mass is 35.5. The molecular formula is C17H17ClN6O4S. The molecule has 1 aliphatic heterocycles. The third-order valence-electron chi connectivity index (χ3n) is 4.62. The van der Waals surface area contributed by atoms with E-state index in [0.29, 0.717) is 23.6 Å². The summed E-state index contributed by atoms with van der Waals surface area (Å²) in [4.78, 5) is 12.8. The van der Waals surface area contributed by atoms with Gasteiger partial charge in [0.15, 0.2) is 0 Å². The highest BCUT2D eigenvalue weighted by Crippen LogP contribution is 2.28.